The van der Waals surface area contributed by atoms with E-state index in [4.69, 9.17) is 16.0 Å². The van der Waals surface area contributed by atoms with Gasteiger partial charge in [0.2, 0.25) is 11.6 Å². The van der Waals surface area contributed by atoms with Gasteiger partial charge in [0, 0.05) is 13.1 Å². The van der Waals surface area contributed by atoms with E-state index in [1.165, 1.54) is 0 Å². The second-order valence-corrected chi connectivity index (χ2v) is 5.92. The van der Waals surface area contributed by atoms with Crippen molar-refractivity contribution in [3.8, 4) is 11.6 Å². The highest BCUT2D eigenvalue weighted by Crippen LogP contribution is 2.33. The maximum Gasteiger partial charge on any atom is 0.491 e. The molecule has 0 radical (unpaired) electrons. The average Bonchev–Trinajstić information content (AvgIpc) is 3.25. The van der Waals surface area contributed by atoms with Crippen molar-refractivity contribution in [2.45, 2.75) is 19.4 Å². The molecule has 3 heterocycles. The van der Waals surface area contributed by atoms with Crippen LogP contribution in [0.15, 0.2) is 30.3 Å². The summed E-state index contributed by atoms with van der Waals surface area (Å²) < 4.78 is 11.1. The minimum atomic E-state index is -0.855. The first-order chi connectivity index (χ1) is 11.7. The Labute approximate surface area is 140 Å². The van der Waals surface area contributed by atoms with Gasteiger partial charge in [0.15, 0.2) is 0 Å². The molecule has 7 heteroatoms. The topological polar surface area (TPSA) is 59.2 Å². The number of nitrogens with zero attached hydrogens (tertiary/aromatic N) is 3. The zero-order chi connectivity index (χ0) is 16.5. The zero-order valence-electron chi connectivity index (χ0n) is 13.1. The summed E-state index contributed by atoms with van der Waals surface area (Å²) in [6, 6.07) is 8.91. The molecule has 0 saturated carbocycles. The molecule has 1 N–H and O–H groups in total. The fourth-order valence-corrected chi connectivity index (χ4v) is 3.12. The van der Waals surface area contributed by atoms with E-state index < -0.39 is 7.12 Å². The Morgan fingerprint density at radius 1 is 1.25 bits per heavy atom. The molecule has 0 spiro atoms. The van der Waals surface area contributed by atoms with E-state index in [0.717, 1.165) is 37.0 Å². The summed E-state index contributed by atoms with van der Waals surface area (Å²) in [5.74, 6) is 1.80. The number of hydrogen-bond donors (Lipinski definition) is 1. The molecular formula is C17H16BN3O3. The lowest BCUT2D eigenvalue weighted by atomic mass is 9.80. The lowest BCUT2D eigenvalue weighted by Gasteiger charge is -2.18. The Morgan fingerprint density at radius 3 is 2.88 bits per heavy atom. The normalized spacial score (nSPS) is 16.2. The molecule has 0 atom stereocenters. The Balaban J connectivity index is 1.61. The number of pyridine rings is 1. The molecule has 120 valence electrons. The Bertz CT molecular complexity index is 815. The summed E-state index contributed by atoms with van der Waals surface area (Å²) in [4.78, 5) is 10.2. The van der Waals surface area contributed by atoms with Crippen molar-refractivity contribution >= 4 is 24.1 Å². The molecule has 2 aliphatic heterocycles. The molecule has 2 aliphatic rings. The molecule has 1 fully saturated rings. The van der Waals surface area contributed by atoms with E-state index in [-0.39, 0.29) is 0 Å². The smallest absolute Gasteiger partial charge is 0.439 e. The maximum absolute atomic E-state index is 9.67. The molecule has 2 aromatic rings. The molecule has 0 bridgehead atoms. The molecular weight excluding hydrogens is 305 g/mol. The van der Waals surface area contributed by atoms with Gasteiger partial charge in [-0.3, -0.25) is 0 Å². The van der Waals surface area contributed by atoms with Gasteiger partial charge < -0.3 is 19.3 Å². The van der Waals surface area contributed by atoms with Gasteiger partial charge in [-0.05, 0) is 48.1 Å². The Morgan fingerprint density at radius 2 is 2.08 bits per heavy atom. The first-order valence-electron chi connectivity index (χ1n) is 7.98. The van der Waals surface area contributed by atoms with Crippen LogP contribution >= 0.6 is 0 Å². The third-order valence-electron chi connectivity index (χ3n) is 4.35. The van der Waals surface area contributed by atoms with Crippen LogP contribution < -0.4 is 15.1 Å². The number of rotatable bonds is 3. The van der Waals surface area contributed by atoms with E-state index in [9.17, 15) is 5.02 Å². The number of benzene rings is 1. The lowest BCUT2D eigenvalue weighted by molar-refractivity contribution is 0.275. The number of aromatic nitrogens is 1. The first-order valence-corrected chi connectivity index (χ1v) is 7.98. The van der Waals surface area contributed by atoms with Crippen LogP contribution in [0.3, 0.4) is 0 Å². The summed E-state index contributed by atoms with van der Waals surface area (Å²) in [6.07, 6.45) is 2.24. The predicted octanol–water partition coefficient (Wildman–Crippen LogP) is 2.24. The van der Waals surface area contributed by atoms with Crippen molar-refractivity contribution in [1.82, 2.24) is 4.98 Å². The Kier molecular flexibility index (Phi) is 3.85. The van der Waals surface area contributed by atoms with Crippen molar-refractivity contribution in [3.63, 3.8) is 0 Å². The minimum Gasteiger partial charge on any atom is -0.439 e. The quantitative estimate of drug-likeness (QED) is 0.694. The van der Waals surface area contributed by atoms with Crippen molar-refractivity contribution in [3.05, 3.63) is 47.3 Å². The minimum absolute atomic E-state index is 0.372. The predicted molar refractivity (Wildman–Crippen MR) is 90.9 cm³/mol. The third-order valence-corrected chi connectivity index (χ3v) is 4.35. The van der Waals surface area contributed by atoms with Crippen LogP contribution in [0, 0.1) is 6.57 Å². The molecule has 1 saturated heterocycles. The highest BCUT2D eigenvalue weighted by molar-refractivity contribution is 6.61. The van der Waals surface area contributed by atoms with E-state index in [0.29, 0.717) is 29.7 Å². The van der Waals surface area contributed by atoms with Gasteiger partial charge in [0.1, 0.15) is 11.6 Å². The third kappa shape index (κ3) is 2.71. The summed E-state index contributed by atoms with van der Waals surface area (Å²) >= 11 is 0. The fraction of sp³-hybridized carbons (Fsp3) is 0.294. The number of anilines is 1. The van der Waals surface area contributed by atoms with Crippen molar-refractivity contribution < 1.29 is 14.4 Å². The molecule has 1 aromatic carbocycles. The average molecular weight is 321 g/mol. The lowest BCUT2D eigenvalue weighted by Crippen LogP contribution is -2.27. The van der Waals surface area contributed by atoms with Gasteiger partial charge in [0.25, 0.3) is 0 Å². The molecule has 4 rings (SSSR count). The molecule has 6 nitrogen and oxygen atoms in total. The van der Waals surface area contributed by atoms with Crippen LogP contribution in [-0.2, 0) is 11.3 Å². The van der Waals surface area contributed by atoms with Crippen LogP contribution in [0.2, 0.25) is 0 Å². The highest BCUT2D eigenvalue weighted by atomic mass is 16.5. The van der Waals surface area contributed by atoms with Gasteiger partial charge in [0.05, 0.1) is 13.2 Å². The first kappa shape index (κ1) is 15.0. The molecule has 0 unspecified atom stereocenters. The molecule has 1 aromatic heterocycles. The monoisotopic (exact) mass is 321 g/mol. The summed E-state index contributed by atoms with van der Waals surface area (Å²) in [5.41, 5.74) is 2.24. The van der Waals surface area contributed by atoms with Crippen LogP contribution in [0.1, 0.15) is 18.4 Å². The van der Waals surface area contributed by atoms with E-state index >= 15 is 0 Å². The van der Waals surface area contributed by atoms with E-state index in [2.05, 4.69) is 14.7 Å². The van der Waals surface area contributed by atoms with Gasteiger partial charge in [-0.25, -0.2) is 9.83 Å². The van der Waals surface area contributed by atoms with Crippen molar-refractivity contribution in [2.75, 3.05) is 18.0 Å². The van der Waals surface area contributed by atoms with Crippen molar-refractivity contribution in [2.24, 2.45) is 0 Å². The SMILES string of the molecule is [C-]#[N+]c1ccc(Oc2ccc3c(c2)COB3O)nc1N1CCCC1. The van der Waals surface area contributed by atoms with Crippen LogP contribution in [-0.4, -0.2) is 30.2 Å². The number of fused-ring (bicyclic) bond motifs is 1. The van der Waals surface area contributed by atoms with E-state index in [1.807, 2.05) is 6.07 Å². The molecule has 0 aliphatic carbocycles. The Hall–Kier alpha value is -2.56. The second-order valence-electron chi connectivity index (χ2n) is 5.92. The van der Waals surface area contributed by atoms with E-state index in [1.54, 1.807) is 24.3 Å². The van der Waals surface area contributed by atoms with Crippen LogP contribution in [0.4, 0.5) is 11.5 Å². The summed E-state index contributed by atoms with van der Waals surface area (Å²) in [5, 5.41) is 9.67. The van der Waals surface area contributed by atoms with Crippen molar-refractivity contribution in [1.29, 1.82) is 0 Å². The summed E-state index contributed by atoms with van der Waals surface area (Å²) in [7, 11) is -0.855. The van der Waals surface area contributed by atoms with Crippen LogP contribution in [0.5, 0.6) is 11.6 Å². The zero-order valence-corrected chi connectivity index (χ0v) is 13.1. The molecule has 0 amide bonds. The maximum atomic E-state index is 9.67. The largest absolute Gasteiger partial charge is 0.491 e. The summed E-state index contributed by atoms with van der Waals surface area (Å²) in [6.45, 7) is 9.54. The van der Waals surface area contributed by atoms with Gasteiger partial charge in [-0.2, -0.15) is 0 Å². The fourth-order valence-electron chi connectivity index (χ4n) is 3.12. The van der Waals surface area contributed by atoms with Gasteiger partial charge >= 0.3 is 7.12 Å². The number of ether oxygens (including phenoxy) is 1. The van der Waals surface area contributed by atoms with Crippen LogP contribution in [0.25, 0.3) is 4.85 Å². The standard InChI is InChI=1S/C17H16BN3O3/c1-19-15-6-7-16(20-17(15)21-8-2-3-9-21)24-13-4-5-14-12(10-13)11-23-18(14)22/h4-7,10,22H,2-3,8-9,11H2. The highest BCUT2D eigenvalue weighted by Gasteiger charge is 2.27. The second kappa shape index (κ2) is 6.15. The number of hydrogen-bond acceptors (Lipinski definition) is 5. The van der Waals surface area contributed by atoms with Gasteiger partial charge in [-0.15, -0.1) is 0 Å². The molecule has 24 heavy (non-hydrogen) atoms. The van der Waals surface area contributed by atoms with Gasteiger partial charge in [-0.1, -0.05) is 6.07 Å².